The Bertz CT molecular complexity index is 581. The highest BCUT2D eigenvalue weighted by molar-refractivity contribution is 9.10. The van der Waals surface area contributed by atoms with E-state index in [0.29, 0.717) is 6.61 Å². The standard InChI is InChI=1S/C18H24BrNO2/c1-3-18(11-20-7-5-4-6-8-20)12-22-16-14(17(18)21)9-13(2)10-15(16)19/h9-10H,3-8,11-12H2,1-2H3/p+1. The molecule has 3 rings (SSSR count). The Morgan fingerprint density at radius 3 is 2.68 bits per heavy atom. The van der Waals surface area contributed by atoms with Crippen LogP contribution in [0.2, 0.25) is 0 Å². The molecule has 1 atom stereocenters. The number of quaternary nitrogens is 1. The van der Waals surface area contributed by atoms with Gasteiger partial charge in [-0.15, -0.1) is 0 Å². The molecule has 1 aromatic rings. The molecule has 1 saturated heterocycles. The zero-order valence-electron chi connectivity index (χ0n) is 13.5. The summed E-state index contributed by atoms with van der Waals surface area (Å²) in [6, 6.07) is 4.00. The molecule has 3 nitrogen and oxygen atoms in total. The van der Waals surface area contributed by atoms with Crippen LogP contribution in [0.3, 0.4) is 0 Å². The zero-order chi connectivity index (χ0) is 15.7. The molecular formula is C18H25BrNO2+. The van der Waals surface area contributed by atoms with Gasteiger partial charge in [0.05, 0.1) is 29.7 Å². The van der Waals surface area contributed by atoms with Crippen molar-refractivity contribution < 1.29 is 14.4 Å². The second-order valence-electron chi connectivity index (χ2n) is 6.86. The van der Waals surface area contributed by atoms with Crippen molar-refractivity contribution in [3.63, 3.8) is 0 Å². The first kappa shape index (κ1) is 16.0. The molecular weight excluding hydrogens is 342 g/mol. The highest BCUT2D eigenvalue weighted by atomic mass is 79.9. The minimum atomic E-state index is -0.354. The summed E-state index contributed by atoms with van der Waals surface area (Å²) in [6.45, 7) is 7.96. The Kier molecular flexibility index (Phi) is 4.60. The monoisotopic (exact) mass is 366 g/mol. The predicted octanol–water partition coefficient (Wildman–Crippen LogP) is 2.80. The molecule has 0 aromatic heterocycles. The summed E-state index contributed by atoms with van der Waals surface area (Å²) in [6.07, 6.45) is 4.75. The quantitative estimate of drug-likeness (QED) is 0.891. The second kappa shape index (κ2) is 6.32. The number of rotatable bonds is 3. The van der Waals surface area contributed by atoms with E-state index < -0.39 is 0 Å². The Morgan fingerprint density at radius 2 is 2.00 bits per heavy atom. The van der Waals surface area contributed by atoms with Crippen LogP contribution in [-0.2, 0) is 0 Å². The minimum absolute atomic E-state index is 0.277. The van der Waals surface area contributed by atoms with Crippen molar-refractivity contribution in [3.8, 4) is 5.75 Å². The van der Waals surface area contributed by atoms with Gasteiger partial charge in [-0.2, -0.15) is 0 Å². The van der Waals surface area contributed by atoms with Gasteiger partial charge in [0.2, 0.25) is 0 Å². The molecule has 22 heavy (non-hydrogen) atoms. The minimum Gasteiger partial charge on any atom is -0.490 e. The van der Waals surface area contributed by atoms with Crippen molar-refractivity contribution in [1.82, 2.24) is 0 Å². The van der Waals surface area contributed by atoms with Crippen molar-refractivity contribution in [2.75, 3.05) is 26.2 Å². The van der Waals surface area contributed by atoms with Crippen LogP contribution in [0.5, 0.6) is 5.75 Å². The number of carbonyl (C=O) groups is 1. The van der Waals surface area contributed by atoms with Gasteiger partial charge in [-0.3, -0.25) is 4.79 Å². The van der Waals surface area contributed by atoms with Gasteiger partial charge in [0.25, 0.3) is 0 Å². The maximum atomic E-state index is 13.2. The molecule has 0 spiro atoms. The van der Waals surface area contributed by atoms with Crippen molar-refractivity contribution >= 4 is 21.7 Å². The highest BCUT2D eigenvalue weighted by Crippen LogP contribution is 2.40. The molecule has 0 radical (unpaired) electrons. The molecule has 2 aliphatic heterocycles. The molecule has 0 saturated carbocycles. The maximum Gasteiger partial charge on any atom is 0.181 e. The molecule has 1 N–H and O–H groups in total. The number of hydrogen-bond acceptors (Lipinski definition) is 2. The third-order valence-corrected chi connectivity index (χ3v) is 5.82. The van der Waals surface area contributed by atoms with Crippen LogP contribution in [-0.4, -0.2) is 32.0 Å². The molecule has 0 amide bonds. The fourth-order valence-corrected chi connectivity index (χ4v) is 4.52. The first-order chi connectivity index (χ1) is 10.6. The Hall–Kier alpha value is -0.870. The van der Waals surface area contributed by atoms with E-state index in [0.717, 1.165) is 34.3 Å². The third-order valence-electron chi connectivity index (χ3n) is 5.23. The largest absolute Gasteiger partial charge is 0.490 e. The van der Waals surface area contributed by atoms with Crippen molar-refractivity contribution in [1.29, 1.82) is 0 Å². The SMILES string of the molecule is CCC1(C[NH+]2CCCCC2)COc2c(Br)cc(C)cc2C1=O. The van der Waals surface area contributed by atoms with Crippen LogP contribution < -0.4 is 9.64 Å². The average Bonchev–Trinajstić information content (AvgIpc) is 2.51. The smallest absolute Gasteiger partial charge is 0.181 e. The lowest BCUT2D eigenvalue weighted by molar-refractivity contribution is -0.910. The van der Waals surface area contributed by atoms with E-state index in [1.807, 2.05) is 19.1 Å². The van der Waals surface area contributed by atoms with E-state index in [2.05, 4.69) is 22.9 Å². The predicted molar refractivity (Wildman–Crippen MR) is 90.8 cm³/mol. The average molecular weight is 367 g/mol. The van der Waals surface area contributed by atoms with Gasteiger partial charge in [-0.25, -0.2) is 0 Å². The van der Waals surface area contributed by atoms with Gasteiger partial charge in [-0.1, -0.05) is 6.92 Å². The zero-order valence-corrected chi connectivity index (χ0v) is 15.1. The summed E-state index contributed by atoms with van der Waals surface area (Å²) in [5.74, 6) is 1.01. The van der Waals surface area contributed by atoms with Gasteiger partial charge in [-0.05, 0) is 66.2 Å². The summed E-state index contributed by atoms with van der Waals surface area (Å²) in [5, 5.41) is 0. The van der Waals surface area contributed by atoms with E-state index in [1.54, 1.807) is 4.90 Å². The van der Waals surface area contributed by atoms with Crippen LogP contribution in [0.15, 0.2) is 16.6 Å². The number of ether oxygens (including phenoxy) is 1. The molecule has 2 aliphatic rings. The van der Waals surface area contributed by atoms with Gasteiger partial charge < -0.3 is 9.64 Å². The van der Waals surface area contributed by atoms with E-state index >= 15 is 0 Å². The lowest BCUT2D eigenvalue weighted by atomic mass is 9.76. The summed E-state index contributed by atoms with van der Waals surface area (Å²) in [7, 11) is 0. The third kappa shape index (κ3) is 2.83. The lowest BCUT2D eigenvalue weighted by Gasteiger charge is -2.38. The van der Waals surface area contributed by atoms with Gasteiger partial charge in [0.1, 0.15) is 17.8 Å². The van der Waals surface area contributed by atoms with Crippen LogP contribution in [0.1, 0.15) is 48.5 Å². The maximum absolute atomic E-state index is 13.2. The molecule has 1 unspecified atom stereocenters. The number of piperidine rings is 1. The van der Waals surface area contributed by atoms with E-state index in [9.17, 15) is 4.79 Å². The van der Waals surface area contributed by atoms with Crippen LogP contribution >= 0.6 is 15.9 Å². The fourth-order valence-electron chi connectivity index (χ4n) is 3.83. The number of halogens is 1. The lowest BCUT2D eigenvalue weighted by Crippen LogP contribution is -3.14. The Labute approximate surface area is 141 Å². The van der Waals surface area contributed by atoms with E-state index in [1.165, 1.54) is 32.4 Å². The fraction of sp³-hybridized carbons (Fsp3) is 0.611. The molecule has 2 heterocycles. The molecule has 0 bridgehead atoms. The summed E-state index contributed by atoms with van der Waals surface area (Å²) in [4.78, 5) is 14.8. The van der Waals surface area contributed by atoms with Gasteiger partial charge >= 0.3 is 0 Å². The van der Waals surface area contributed by atoms with Crippen molar-refractivity contribution in [2.45, 2.75) is 39.5 Å². The summed E-state index contributed by atoms with van der Waals surface area (Å²) < 4.78 is 6.94. The first-order valence-electron chi connectivity index (χ1n) is 8.37. The van der Waals surface area contributed by atoms with Gasteiger partial charge in [0, 0.05) is 0 Å². The number of aryl methyl sites for hydroxylation is 1. The second-order valence-corrected chi connectivity index (χ2v) is 7.72. The van der Waals surface area contributed by atoms with E-state index in [-0.39, 0.29) is 11.2 Å². The Morgan fingerprint density at radius 1 is 1.27 bits per heavy atom. The van der Waals surface area contributed by atoms with Crippen molar-refractivity contribution in [3.05, 3.63) is 27.7 Å². The number of carbonyl (C=O) groups excluding carboxylic acids is 1. The topological polar surface area (TPSA) is 30.7 Å². The molecule has 0 aliphatic carbocycles. The molecule has 1 fully saturated rings. The van der Waals surface area contributed by atoms with E-state index in [4.69, 9.17) is 4.74 Å². The molecule has 1 aromatic carbocycles. The molecule has 120 valence electrons. The highest BCUT2D eigenvalue weighted by Gasteiger charge is 2.46. The number of benzene rings is 1. The number of fused-ring (bicyclic) bond motifs is 1. The van der Waals surface area contributed by atoms with Gasteiger partial charge in [0.15, 0.2) is 5.78 Å². The summed E-state index contributed by atoms with van der Waals surface area (Å²) >= 11 is 3.54. The first-order valence-corrected chi connectivity index (χ1v) is 9.16. The number of Topliss-reactive ketones (excluding diaryl/α,β-unsaturated/α-hetero) is 1. The Balaban J connectivity index is 1.91. The number of likely N-dealkylation sites (tertiary alicyclic amines) is 1. The van der Waals surface area contributed by atoms with Crippen LogP contribution in [0.25, 0.3) is 0 Å². The summed E-state index contributed by atoms with van der Waals surface area (Å²) in [5.41, 5.74) is 1.50. The van der Waals surface area contributed by atoms with Crippen LogP contribution in [0.4, 0.5) is 0 Å². The molecule has 4 heteroatoms. The normalized spacial score (nSPS) is 25.7. The van der Waals surface area contributed by atoms with Crippen molar-refractivity contribution in [2.24, 2.45) is 5.41 Å². The van der Waals surface area contributed by atoms with Crippen LogP contribution in [0, 0.1) is 12.3 Å². The number of ketones is 1. The number of nitrogens with one attached hydrogen (secondary N) is 1. The number of hydrogen-bond donors (Lipinski definition) is 1.